The van der Waals surface area contributed by atoms with E-state index < -0.39 is 0 Å². The fraction of sp³-hybridized carbons (Fsp3) is 0.400. The van der Waals surface area contributed by atoms with Gasteiger partial charge in [-0.25, -0.2) is 0 Å². The van der Waals surface area contributed by atoms with Crippen LogP contribution in [-0.2, 0) is 0 Å². The number of fused-ring (bicyclic) bond motifs is 1. The van der Waals surface area contributed by atoms with Crippen LogP contribution in [0.5, 0.6) is 0 Å². The molecule has 0 saturated carbocycles. The van der Waals surface area contributed by atoms with Crippen molar-refractivity contribution >= 4 is 10.8 Å². The molecule has 2 nitrogen and oxygen atoms in total. The maximum Gasteiger partial charge on any atom is 0.0651 e. The summed E-state index contributed by atoms with van der Waals surface area (Å²) in [6.07, 6.45) is 7.09. The summed E-state index contributed by atoms with van der Waals surface area (Å²) in [7, 11) is 0. The van der Waals surface area contributed by atoms with Crippen molar-refractivity contribution in [3.8, 4) is 0 Å². The third kappa shape index (κ3) is 2.18. The fourth-order valence-electron chi connectivity index (χ4n) is 2.68. The average molecular weight is 226 g/mol. The monoisotopic (exact) mass is 226 g/mol. The zero-order valence-electron chi connectivity index (χ0n) is 10.0. The Balaban J connectivity index is 2.03. The van der Waals surface area contributed by atoms with Crippen LogP contribution in [0.3, 0.4) is 0 Å². The third-order valence-electron chi connectivity index (χ3n) is 3.59. The molecule has 2 heteroatoms. The van der Waals surface area contributed by atoms with Crippen molar-refractivity contribution in [3.05, 3.63) is 42.2 Å². The number of hydrogen-bond donors (Lipinski definition) is 1. The highest BCUT2D eigenvalue weighted by atomic mass is 14.9. The van der Waals surface area contributed by atoms with E-state index in [1.54, 1.807) is 0 Å². The third-order valence-corrected chi connectivity index (χ3v) is 3.59. The molecule has 1 aromatic carbocycles. The quantitative estimate of drug-likeness (QED) is 0.805. The molecular formula is C15H18N2. The summed E-state index contributed by atoms with van der Waals surface area (Å²) >= 11 is 0. The molecule has 1 aromatic heterocycles. The zero-order valence-corrected chi connectivity index (χ0v) is 10.0. The minimum absolute atomic E-state index is 0.434. The molecule has 1 fully saturated rings. The Labute approximate surface area is 102 Å². The largest absolute Gasteiger partial charge is 0.309 e. The Kier molecular flexibility index (Phi) is 3.06. The molecule has 1 saturated heterocycles. The molecule has 88 valence electrons. The van der Waals surface area contributed by atoms with Gasteiger partial charge in [0, 0.05) is 11.6 Å². The lowest BCUT2D eigenvalue weighted by Gasteiger charge is -2.17. The summed E-state index contributed by atoms with van der Waals surface area (Å²) in [5, 5.41) is 6.22. The van der Waals surface area contributed by atoms with E-state index in [9.17, 15) is 0 Å². The molecule has 0 aliphatic carbocycles. The Hall–Kier alpha value is -1.41. The lowest BCUT2D eigenvalue weighted by molar-refractivity contribution is 0.526. The first-order chi connectivity index (χ1) is 8.45. The normalized spacial score (nSPS) is 21.3. The van der Waals surface area contributed by atoms with Crippen molar-refractivity contribution in [3.63, 3.8) is 0 Å². The molecule has 0 amide bonds. The fourth-order valence-corrected chi connectivity index (χ4v) is 2.68. The highest BCUT2D eigenvalue weighted by Gasteiger charge is 2.16. The van der Waals surface area contributed by atoms with Crippen LogP contribution in [0.2, 0.25) is 0 Å². The van der Waals surface area contributed by atoms with Crippen LogP contribution in [0, 0.1) is 0 Å². The summed E-state index contributed by atoms with van der Waals surface area (Å²) in [5.74, 6) is 0. The number of benzene rings is 1. The van der Waals surface area contributed by atoms with Gasteiger partial charge in [-0.15, -0.1) is 0 Å². The number of nitrogens with one attached hydrogen (secondary N) is 1. The SMILES string of the molecule is c1ccc2c(C3CCCCCN3)nccc2c1. The van der Waals surface area contributed by atoms with Crippen LogP contribution in [0.4, 0.5) is 0 Å². The number of pyridine rings is 1. The molecule has 1 unspecified atom stereocenters. The Bertz CT molecular complexity index is 494. The van der Waals surface area contributed by atoms with Crippen molar-refractivity contribution in [2.45, 2.75) is 31.7 Å². The maximum atomic E-state index is 4.61. The van der Waals surface area contributed by atoms with E-state index in [1.165, 1.54) is 42.1 Å². The first-order valence-electron chi connectivity index (χ1n) is 6.52. The molecule has 1 aliphatic heterocycles. The van der Waals surface area contributed by atoms with Crippen molar-refractivity contribution in [2.75, 3.05) is 6.54 Å². The predicted octanol–water partition coefficient (Wildman–Crippen LogP) is 3.44. The molecule has 2 heterocycles. The molecule has 0 spiro atoms. The van der Waals surface area contributed by atoms with Gasteiger partial charge in [0.15, 0.2) is 0 Å². The highest BCUT2D eigenvalue weighted by Crippen LogP contribution is 2.27. The molecule has 17 heavy (non-hydrogen) atoms. The standard InChI is InChI=1S/C15H18N2/c1-2-8-14(16-10-5-1)15-13-7-4-3-6-12(13)9-11-17-15/h3-4,6-7,9,11,14,16H,1-2,5,8,10H2. The van der Waals surface area contributed by atoms with Crippen molar-refractivity contribution in [2.24, 2.45) is 0 Å². The van der Waals surface area contributed by atoms with Gasteiger partial charge in [-0.05, 0) is 30.8 Å². The summed E-state index contributed by atoms with van der Waals surface area (Å²) in [6.45, 7) is 1.12. The summed E-state index contributed by atoms with van der Waals surface area (Å²) in [5.41, 5.74) is 1.23. The number of aromatic nitrogens is 1. The maximum absolute atomic E-state index is 4.61. The molecular weight excluding hydrogens is 208 g/mol. The van der Waals surface area contributed by atoms with Gasteiger partial charge in [0.25, 0.3) is 0 Å². The Morgan fingerprint density at radius 2 is 2.00 bits per heavy atom. The van der Waals surface area contributed by atoms with Crippen LogP contribution in [0.1, 0.15) is 37.4 Å². The van der Waals surface area contributed by atoms with E-state index >= 15 is 0 Å². The van der Waals surface area contributed by atoms with Gasteiger partial charge in [0.1, 0.15) is 0 Å². The molecule has 2 aromatic rings. The topological polar surface area (TPSA) is 24.9 Å². The van der Waals surface area contributed by atoms with E-state index in [0.29, 0.717) is 6.04 Å². The molecule has 1 atom stereocenters. The number of hydrogen-bond acceptors (Lipinski definition) is 2. The van der Waals surface area contributed by atoms with Crippen LogP contribution < -0.4 is 5.32 Å². The van der Waals surface area contributed by atoms with Crippen molar-refractivity contribution in [1.82, 2.24) is 10.3 Å². The van der Waals surface area contributed by atoms with Crippen molar-refractivity contribution in [1.29, 1.82) is 0 Å². The molecule has 1 N–H and O–H groups in total. The van der Waals surface area contributed by atoms with E-state index in [-0.39, 0.29) is 0 Å². The van der Waals surface area contributed by atoms with Crippen LogP contribution >= 0.6 is 0 Å². The minimum Gasteiger partial charge on any atom is -0.309 e. The first-order valence-corrected chi connectivity index (χ1v) is 6.52. The lowest BCUT2D eigenvalue weighted by Crippen LogP contribution is -2.21. The van der Waals surface area contributed by atoms with Gasteiger partial charge in [-0.1, -0.05) is 37.1 Å². The van der Waals surface area contributed by atoms with Gasteiger partial charge in [-0.2, -0.15) is 0 Å². The number of rotatable bonds is 1. The molecule has 0 bridgehead atoms. The summed E-state index contributed by atoms with van der Waals surface area (Å²) < 4.78 is 0. The number of nitrogens with zero attached hydrogens (tertiary/aromatic N) is 1. The minimum atomic E-state index is 0.434. The average Bonchev–Trinajstić information content (AvgIpc) is 2.67. The van der Waals surface area contributed by atoms with Crippen LogP contribution in [0.25, 0.3) is 10.8 Å². The Morgan fingerprint density at radius 3 is 3.00 bits per heavy atom. The lowest BCUT2D eigenvalue weighted by atomic mass is 10.0. The van der Waals surface area contributed by atoms with Crippen LogP contribution in [-0.4, -0.2) is 11.5 Å². The first kappa shape index (κ1) is 10.7. The van der Waals surface area contributed by atoms with Gasteiger partial charge in [0.2, 0.25) is 0 Å². The van der Waals surface area contributed by atoms with E-state index in [0.717, 1.165) is 6.54 Å². The second-order valence-electron chi connectivity index (χ2n) is 4.77. The zero-order chi connectivity index (χ0) is 11.5. The second-order valence-corrected chi connectivity index (χ2v) is 4.77. The van der Waals surface area contributed by atoms with Crippen molar-refractivity contribution < 1.29 is 0 Å². The summed E-state index contributed by atoms with van der Waals surface area (Å²) in [4.78, 5) is 4.61. The molecule has 1 aliphatic rings. The van der Waals surface area contributed by atoms with Gasteiger partial charge in [0.05, 0.1) is 11.7 Å². The molecule has 0 radical (unpaired) electrons. The highest BCUT2D eigenvalue weighted by molar-refractivity contribution is 5.84. The van der Waals surface area contributed by atoms with Gasteiger partial charge >= 0.3 is 0 Å². The van der Waals surface area contributed by atoms with E-state index in [4.69, 9.17) is 0 Å². The predicted molar refractivity (Wildman–Crippen MR) is 71.0 cm³/mol. The summed E-state index contributed by atoms with van der Waals surface area (Å²) in [6, 6.07) is 11.1. The molecule has 3 rings (SSSR count). The van der Waals surface area contributed by atoms with Gasteiger partial charge in [-0.3, -0.25) is 4.98 Å². The second kappa shape index (κ2) is 4.84. The van der Waals surface area contributed by atoms with Gasteiger partial charge < -0.3 is 5.32 Å². The van der Waals surface area contributed by atoms with E-state index in [1.807, 2.05) is 6.20 Å². The van der Waals surface area contributed by atoms with E-state index in [2.05, 4.69) is 40.6 Å². The smallest absolute Gasteiger partial charge is 0.0651 e. The Morgan fingerprint density at radius 1 is 1.06 bits per heavy atom. The van der Waals surface area contributed by atoms with Crippen LogP contribution in [0.15, 0.2) is 36.5 Å².